The maximum Gasteiger partial charge on any atom is 0.234 e. The van der Waals surface area contributed by atoms with Gasteiger partial charge in [0.1, 0.15) is 10.7 Å². The average Bonchev–Trinajstić information content (AvgIpc) is 2.84. The lowest BCUT2D eigenvalue weighted by Crippen LogP contribution is -2.38. The molecule has 114 valence electrons. The van der Waals surface area contributed by atoms with Gasteiger partial charge < -0.3 is 10.7 Å². The average molecular weight is 308 g/mol. The molecule has 21 heavy (non-hydrogen) atoms. The van der Waals surface area contributed by atoms with E-state index in [0.717, 1.165) is 10.2 Å². The Kier molecular flexibility index (Phi) is 5.05. The van der Waals surface area contributed by atoms with E-state index in [1.807, 2.05) is 37.2 Å². The fourth-order valence-electron chi connectivity index (χ4n) is 1.99. The number of thiophene rings is 1. The zero-order chi connectivity index (χ0) is 15.4. The number of nitrogens with one attached hydrogen (secondary N) is 2. The minimum Gasteiger partial charge on any atom is -0.353 e. The first kappa shape index (κ1) is 15.6. The summed E-state index contributed by atoms with van der Waals surface area (Å²) in [5, 5.41) is 5.71. The molecule has 2 aromatic heterocycles. The summed E-state index contributed by atoms with van der Waals surface area (Å²) in [5.74, 6) is 6.73. The molecule has 0 saturated heterocycles. The smallest absolute Gasteiger partial charge is 0.234 e. The molecule has 4 N–H and O–H groups in total. The van der Waals surface area contributed by atoms with Crippen molar-refractivity contribution in [3.05, 3.63) is 17.3 Å². The molecule has 2 aromatic rings. The molecule has 0 aromatic carbocycles. The lowest BCUT2D eigenvalue weighted by molar-refractivity contribution is -0.122. The van der Waals surface area contributed by atoms with Gasteiger partial charge in [0.2, 0.25) is 5.91 Å². The van der Waals surface area contributed by atoms with Crippen LogP contribution in [0.1, 0.15) is 19.7 Å². The molecule has 1 amide bonds. The highest BCUT2D eigenvalue weighted by Crippen LogP contribution is 2.24. The van der Waals surface area contributed by atoms with Gasteiger partial charge in [0.05, 0.1) is 18.5 Å². The minimum atomic E-state index is -0.0122. The molecule has 8 heteroatoms. The number of aromatic nitrogens is 2. The van der Waals surface area contributed by atoms with Gasteiger partial charge >= 0.3 is 0 Å². The van der Waals surface area contributed by atoms with Gasteiger partial charge in [0, 0.05) is 6.04 Å². The maximum atomic E-state index is 11.7. The first-order valence-electron chi connectivity index (χ1n) is 6.68. The van der Waals surface area contributed by atoms with Crippen LogP contribution < -0.4 is 16.6 Å². The van der Waals surface area contributed by atoms with Gasteiger partial charge in [-0.05, 0) is 32.3 Å². The number of hydrogen-bond acceptors (Lipinski definition) is 7. The molecule has 0 atom stereocenters. The lowest BCUT2D eigenvalue weighted by Gasteiger charge is -2.17. The third kappa shape index (κ3) is 4.10. The Morgan fingerprint density at radius 3 is 2.90 bits per heavy atom. The van der Waals surface area contributed by atoms with Crippen molar-refractivity contribution in [2.75, 3.05) is 19.0 Å². The normalized spacial score (nSPS) is 11.3. The fraction of sp³-hybridized carbons (Fsp3) is 0.462. The number of carbonyl (C=O) groups is 1. The second-order valence-electron chi connectivity index (χ2n) is 5.17. The van der Waals surface area contributed by atoms with E-state index in [1.165, 1.54) is 11.3 Å². The molecule has 2 rings (SSSR count). The Bertz CT molecular complexity index is 626. The number of likely N-dealkylation sites (N-methyl/N-ethyl adjacent to an activating group) is 1. The van der Waals surface area contributed by atoms with Crippen molar-refractivity contribution >= 4 is 33.3 Å². The third-order valence-electron chi connectivity index (χ3n) is 2.78. The van der Waals surface area contributed by atoms with Gasteiger partial charge in [-0.15, -0.1) is 11.3 Å². The van der Waals surface area contributed by atoms with E-state index in [-0.39, 0.29) is 11.9 Å². The first-order chi connectivity index (χ1) is 9.99. The molecular weight excluding hydrogens is 288 g/mol. The Hall–Kier alpha value is -1.77. The summed E-state index contributed by atoms with van der Waals surface area (Å²) in [6.07, 6.45) is 0. The predicted octanol–water partition coefficient (Wildman–Crippen LogP) is 0.933. The van der Waals surface area contributed by atoms with E-state index in [4.69, 9.17) is 5.84 Å². The van der Waals surface area contributed by atoms with Crippen LogP contribution in [0.15, 0.2) is 11.4 Å². The number of fused-ring (bicyclic) bond motifs is 1. The highest BCUT2D eigenvalue weighted by Gasteiger charge is 2.12. The monoisotopic (exact) mass is 308 g/mol. The summed E-state index contributed by atoms with van der Waals surface area (Å²) in [4.78, 5) is 23.4. The van der Waals surface area contributed by atoms with Gasteiger partial charge in [-0.2, -0.15) is 0 Å². The van der Waals surface area contributed by atoms with Crippen molar-refractivity contribution in [3.63, 3.8) is 0 Å². The number of nitrogens with zero attached hydrogens (tertiary/aromatic N) is 3. The van der Waals surface area contributed by atoms with Crippen LogP contribution in [0.2, 0.25) is 0 Å². The van der Waals surface area contributed by atoms with Crippen LogP contribution in [0, 0.1) is 0 Å². The quantitative estimate of drug-likeness (QED) is 0.543. The number of rotatable bonds is 6. The number of carbonyl (C=O) groups excluding carboxylic acids is 1. The standard InChI is InChI=1S/C13H20N6OS/c1-8(2)15-11(20)7-19(3)6-10-16-12(18-14)9-4-5-21-13(9)17-10/h4-5,8H,6-7,14H2,1-3H3,(H,15,20)(H,16,17,18). The van der Waals surface area contributed by atoms with E-state index in [9.17, 15) is 4.79 Å². The van der Waals surface area contributed by atoms with Gasteiger partial charge in [0.15, 0.2) is 5.82 Å². The topological polar surface area (TPSA) is 96.2 Å². The molecule has 0 aliphatic carbocycles. The van der Waals surface area contributed by atoms with E-state index < -0.39 is 0 Å². The maximum absolute atomic E-state index is 11.7. The molecule has 0 bridgehead atoms. The van der Waals surface area contributed by atoms with Crippen molar-refractivity contribution in [2.24, 2.45) is 5.84 Å². The van der Waals surface area contributed by atoms with Crippen LogP contribution in [-0.2, 0) is 11.3 Å². The summed E-state index contributed by atoms with van der Waals surface area (Å²) in [6.45, 7) is 4.65. The molecular formula is C13H20N6OS. The van der Waals surface area contributed by atoms with Gasteiger partial charge in [-0.1, -0.05) is 0 Å². The summed E-state index contributed by atoms with van der Waals surface area (Å²) >= 11 is 1.54. The van der Waals surface area contributed by atoms with E-state index in [2.05, 4.69) is 20.7 Å². The van der Waals surface area contributed by atoms with Crippen molar-refractivity contribution in [1.29, 1.82) is 0 Å². The van der Waals surface area contributed by atoms with Crippen molar-refractivity contribution in [1.82, 2.24) is 20.2 Å². The highest BCUT2D eigenvalue weighted by molar-refractivity contribution is 7.16. The molecule has 0 unspecified atom stereocenters. The fourth-order valence-corrected chi connectivity index (χ4v) is 2.77. The second-order valence-corrected chi connectivity index (χ2v) is 6.06. The Morgan fingerprint density at radius 2 is 2.24 bits per heavy atom. The molecule has 7 nitrogen and oxygen atoms in total. The number of hydrogen-bond donors (Lipinski definition) is 3. The van der Waals surface area contributed by atoms with Crippen molar-refractivity contribution in [2.45, 2.75) is 26.4 Å². The zero-order valence-corrected chi connectivity index (χ0v) is 13.2. The largest absolute Gasteiger partial charge is 0.353 e. The number of hydrazine groups is 1. The zero-order valence-electron chi connectivity index (χ0n) is 12.4. The highest BCUT2D eigenvalue weighted by atomic mass is 32.1. The van der Waals surface area contributed by atoms with E-state index in [1.54, 1.807) is 0 Å². The Labute approximate surface area is 127 Å². The molecule has 0 saturated carbocycles. The van der Waals surface area contributed by atoms with Crippen LogP contribution in [0.3, 0.4) is 0 Å². The molecule has 0 radical (unpaired) electrons. The second kappa shape index (κ2) is 6.79. The molecule has 0 fully saturated rings. The Morgan fingerprint density at radius 1 is 1.48 bits per heavy atom. The van der Waals surface area contributed by atoms with Crippen LogP contribution in [-0.4, -0.2) is 40.4 Å². The van der Waals surface area contributed by atoms with Gasteiger partial charge in [-0.3, -0.25) is 9.69 Å². The summed E-state index contributed by atoms with van der Waals surface area (Å²) in [7, 11) is 1.86. The van der Waals surface area contributed by atoms with Crippen LogP contribution in [0.25, 0.3) is 10.2 Å². The number of nitrogen functional groups attached to an aromatic ring is 1. The number of anilines is 1. The van der Waals surface area contributed by atoms with Crippen molar-refractivity contribution in [3.8, 4) is 0 Å². The van der Waals surface area contributed by atoms with Crippen LogP contribution in [0.5, 0.6) is 0 Å². The van der Waals surface area contributed by atoms with Crippen LogP contribution in [0.4, 0.5) is 5.82 Å². The van der Waals surface area contributed by atoms with E-state index >= 15 is 0 Å². The Balaban J connectivity index is 2.06. The van der Waals surface area contributed by atoms with Gasteiger partial charge in [-0.25, -0.2) is 15.8 Å². The van der Waals surface area contributed by atoms with Crippen LogP contribution >= 0.6 is 11.3 Å². The lowest BCUT2D eigenvalue weighted by atomic mass is 10.3. The molecule has 2 heterocycles. The molecule has 0 spiro atoms. The summed E-state index contributed by atoms with van der Waals surface area (Å²) < 4.78 is 0. The van der Waals surface area contributed by atoms with Crippen molar-refractivity contribution < 1.29 is 4.79 Å². The third-order valence-corrected chi connectivity index (χ3v) is 3.59. The summed E-state index contributed by atoms with van der Waals surface area (Å²) in [6, 6.07) is 2.07. The van der Waals surface area contributed by atoms with Gasteiger partial charge in [0.25, 0.3) is 0 Å². The SMILES string of the molecule is CC(C)NC(=O)CN(C)Cc1nc(NN)c2ccsc2n1. The first-order valence-corrected chi connectivity index (χ1v) is 7.56. The summed E-state index contributed by atoms with van der Waals surface area (Å²) in [5.41, 5.74) is 2.59. The van der Waals surface area contributed by atoms with E-state index in [0.29, 0.717) is 24.7 Å². The number of nitrogens with two attached hydrogens (primary N) is 1. The molecule has 0 aliphatic heterocycles. The molecule has 0 aliphatic rings. The number of amides is 1. The minimum absolute atomic E-state index is 0.0122. The predicted molar refractivity (Wildman–Crippen MR) is 84.8 cm³/mol.